The zero-order chi connectivity index (χ0) is 22.8. The number of nitrogens with zero attached hydrogens (tertiary/aromatic N) is 2. The van der Waals surface area contributed by atoms with E-state index in [2.05, 4.69) is 10.6 Å². The first-order valence-corrected chi connectivity index (χ1v) is 12.4. The molecular formula is C23H40FN5O3. The number of carbonyl (C=O) groups excluding carboxylic acids is 2. The molecular weight excluding hydrogens is 413 g/mol. The first kappa shape index (κ1) is 23.7. The van der Waals surface area contributed by atoms with Crippen LogP contribution in [0.3, 0.4) is 0 Å². The number of nitrogens with one attached hydrogen (secondary N) is 2. The molecule has 2 saturated heterocycles. The van der Waals surface area contributed by atoms with E-state index >= 15 is 0 Å². The smallest absolute Gasteiger partial charge is 0.410 e. The summed E-state index contributed by atoms with van der Waals surface area (Å²) in [5.41, 5.74) is 6.15. The van der Waals surface area contributed by atoms with Crippen LogP contribution in [0.5, 0.6) is 0 Å². The molecule has 7 atom stereocenters. The lowest BCUT2D eigenvalue weighted by atomic mass is 9.73. The van der Waals surface area contributed by atoms with Gasteiger partial charge in [-0.15, -0.1) is 0 Å². The van der Waals surface area contributed by atoms with E-state index in [1.807, 2.05) is 16.7 Å². The van der Waals surface area contributed by atoms with E-state index in [1.165, 1.54) is 12.8 Å². The van der Waals surface area contributed by atoms with Crippen LogP contribution in [0.4, 0.5) is 9.18 Å². The predicted molar refractivity (Wildman–Crippen MR) is 120 cm³/mol. The second kappa shape index (κ2) is 10.2. The molecule has 6 unspecified atom stereocenters. The highest BCUT2D eigenvalue weighted by Gasteiger charge is 2.48. The number of carbonyl (C=O) groups is 2. The minimum Gasteiger partial charge on any atom is -0.445 e. The molecule has 0 aromatic carbocycles. The monoisotopic (exact) mass is 453 g/mol. The number of alkyl halides is 1. The van der Waals surface area contributed by atoms with Gasteiger partial charge in [0.1, 0.15) is 12.3 Å². The van der Waals surface area contributed by atoms with E-state index in [-0.39, 0.29) is 36.5 Å². The summed E-state index contributed by atoms with van der Waals surface area (Å²) >= 11 is 0. The number of piperidine rings is 1. The highest BCUT2D eigenvalue weighted by Crippen LogP contribution is 2.39. The first-order valence-electron chi connectivity index (χ1n) is 12.4. The van der Waals surface area contributed by atoms with Gasteiger partial charge < -0.3 is 30.9 Å². The van der Waals surface area contributed by atoms with Crippen molar-refractivity contribution in [2.75, 3.05) is 32.7 Å². The van der Waals surface area contributed by atoms with Crippen molar-refractivity contribution in [3.05, 3.63) is 0 Å². The number of hydrogen-bond acceptors (Lipinski definition) is 6. The molecule has 2 aliphatic heterocycles. The fraction of sp³-hybridized carbons (Fsp3) is 0.913. The van der Waals surface area contributed by atoms with Gasteiger partial charge in [-0.2, -0.15) is 0 Å². The average molecular weight is 454 g/mol. The zero-order valence-corrected chi connectivity index (χ0v) is 19.5. The van der Waals surface area contributed by atoms with Gasteiger partial charge in [0.15, 0.2) is 0 Å². The third kappa shape index (κ3) is 5.37. The summed E-state index contributed by atoms with van der Waals surface area (Å²) in [7, 11) is 0. The second-order valence-corrected chi connectivity index (χ2v) is 10.3. The third-order valence-corrected chi connectivity index (χ3v) is 7.85. The molecule has 182 valence electrons. The van der Waals surface area contributed by atoms with Gasteiger partial charge in [0.25, 0.3) is 0 Å². The first-order chi connectivity index (χ1) is 15.4. The summed E-state index contributed by atoms with van der Waals surface area (Å²) in [6.07, 6.45) is 3.58. The predicted octanol–water partition coefficient (Wildman–Crippen LogP) is 1.24. The molecule has 0 spiro atoms. The lowest BCUT2D eigenvalue weighted by Crippen LogP contribution is -2.67. The van der Waals surface area contributed by atoms with Crippen molar-refractivity contribution in [3.8, 4) is 0 Å². The standard InChI is InChI=1S/C23H40FN5O3/c1-14-13-28(23(31)32-20-8-18(24)11-26-12-20)22-7-16(3-6-21(22)29(14)15(2)30)17(9-25)10-27-19-4-5-19/h14,16-22,26-27H,3-13,25H2,1-2H3/t14-,16?,17?,18?,20?,21?,22?/m0/s1. The van der Waals surface area contributed by atoms with Gasteiger partial charge >= 0.3 is 6.09 Å². The van der Waals surface area contributed by atoms with Gasteiger partial charge in [0.2, 0.25) is 5.91 Å². The quantitative estimate of drug-likeness (QED) is 0.560. The summed E-state index contributed by atoms with van der Waals surface area (Å²) < 4.78 is 19.5. The van der Waals surface area contributed by atoms with Gasteiger partial charge in [-0.3, -0.25) is 4.79 Å². The molecule has 4 aliphatic rings. The van der Waals surface area contributed by atoms with Gasteiger partial charge in [-0.05, 0) is 64.0 Å². The summed E-state index contributed by atoms with van der Waals surface area (Å²) in [6, 6.07) is 0.472. The van der Waals surface area contributed by atoms with Crippen LogP contribution in [-0.4, -0.2) is 91.0 Å². The number of fused-ring (bicyclic) bond motifs is 1. The third-order valence-electron chi connectivity index (χ3n) is 7.85. The molecule has 2 aliphatic carbocycles. The van der Waals surface area contributed by atoms with Crippen molar-refractivity contribution in [1.29, 1.82) is 0 Å². The zero-order valence-electron chi connectivity index (χ0n) is 19.5. The largest absolute Gasteiger partial charge is 0.445 e. The summed E-state index contributed by atoms with van der Waals surface area (Å²) in [4.78, 5) is 29.5. The molecule has 4 rings (SSSR count). The average Bonchev–Trinajstić information content (AvgIpc) is 3.57. The molecule has 2 amide bonds. The van der Waals surface area contributed by atoms with Gasteiger partial charge in [0.05, 0.1) is 12.1 Å². The summed E-state index contributed by atoms with van der Waals surface area (Å²) in [5, 5.41) is 6.60. The Hall–Kier alpha value is -1.45. The Labute approximate surface area is 190 Å². The molecule has 0 aromatic rings. The fourth-order valence-corrected chi connectivity index (χ4v) is 6.04. The van der Waals surface area contributed by atoms with E-state index < -0.39 is 12.3 Å². The van der Waals surface area contributed by atoms with Crippen molar-refractivity contribution in [1.82, 2.24) is 20.4 Å². The number of amides is 2. The lowest BCUT2D eigenvalue weighted by molar-refractivity contribution is -0.142. The molecule has 9 heteroatoms. The molecule has 0 radical (unpaired) electrons. The summed E-state index contributed by atoms with van der Waals surface area (Å²) in [5.74, 6) is 0.812. The van der Waals surface area contributed by atoms with Crippen LogP contribution in [0.15, 0.2) is 0 Å². The van der Waals surface area contributed by atoms with Crippen molar-refractivity contribution in [2.45, 2.75) is 88.8 Å². The van der Waals surface area contributed by atoms with Crippen LogP contribution in [0, 0.1) is 11.8 Å². The van der Waals surface area contributed by atoms with Crippen LogP contribution in [0.2, 0.25) is 0 Å². The molecule has 4 N–H and O–H groups in total. The van der Waals surface area contributed by atoms with Crippen molar-refractivity contribution < 1.29 is 18.7 Å². The minimum atomic E-state index is -0.994. The van der Waals surface area contributed by atoms with E-state index in [4.69, 9.17) is 10.5 Å². The highest BCUT2D eigenvalue weighted by atomic mass is 19.1. The lowest BCUT2D eigenvalue weighted by Gasteiger charge is -2.54. The molecule has 4 fully saturated rings. The summed E-state index contributed by atoms with van der Waals surface area (Å²) in [6.45, 7) is 6.37. The molecule has 0 aromatic heterocycles. The van der Waals surface area contributed by atoms with Crippen molar-refractivity contribution in [3.63, 3.8) is 0 Å². The number of nitrogens with two attached hydrogens (primary N) is 1. The number of rotatable bonds is 6. The molecule has 32 heavy (non-hydrogen) atoms. The number of halogens is 1. The number of piperazine rings is 1. The highest BCUT2D eigenvalue weighted by molar-refractivity contribution is 5.75. The Balaban J connectivity index is 1.47. The maximum atomic E-state index is 13.8. The SMILES string of the molecule is CC(=O)N1C2CCC(C(CN)CNC3CC3)CC2N(C(=O)OC2CNCC(F)C2)C[C@@H]1C. The van der Waals surface area contributed by atoms with E-state index in [1.54, 1.807) is 6.92 Å². The Morgan fingerprint density at radius 2 is 1.97 bits per heavy atom. The van der Waals surface area contributed by atoms with Gasteiger partial charge in [-0.1, -0.05) is 0 Å². The van der Waals surface area contributed by atoms with E-state index in [0.29, 0.717) is 44.1 Å². The Kier molecular flexibility index (Phi) is 7.57. The van der Waals surface area contributed by atoms with Crippen LogP contribution in [-0.2, 0) is 9.53 Å². The van der Waals surface area contributed by atoms with Crippen molar-refractivity contribution >= 4 is 12.0 Å². The fourth-order valence-electron chi connectivity index (χ4n) is 6.04. The molecule has 2 heterocycles. The molecule has 2 saturated carbocycles. The van der Waals surface area contributed by atoms with Crippen LogP contribution < -0.4 is 16.4 Å². The Bertz CT molecular complexity index is 678. The van der Waals surface area contributed by atoms with Crippen LogP contribution in [0.25, 0.3) is 0 Å². The molecule has 8 nitrogen and oxygen atoms in total. The Morgan fingerprint density at radius 3 is 2.62 bits per heavy atom. The maximum absolute atomic E-state index is 13.8. The number of ether oxygens (including phenoxy) is 1. The normalized spacial score (nSPS) is 36.4. The Morgan fingerprint density at radius 1 is 1.19 bits per heavy atom. The maximum Gasteiger partial charge on any atom is 0.410 e. The topological polar surface area (TPSA) is 99.9 Å². The van der Waals surface area contributed by atoms with E-state index in [0.717, 1.165) is 25.8 Å². The number of hydrogen-bond donors (Lipinski definition) is 3. The van der Waals surface area contributed by atoms with E-state index in [9.17, 15) is 14.0 Å². The van der Waals surface area contributed by atoms with Gasteiger partial charge in [0, 0.05) is 45.1 Å². The van der Waals surface area contributed by atoms with Gasteiger partial charge in [-0.25, -0.2) is 9.18 Å². The minimum absolute atomic E-state index is 0.00623. The second-order valence-electron chi connectivity index (χ2n) is 10.3. The van der Waals surface area contributed by atoms with Crippen LogP contribution in [0.1, 0.15) is 52.4 Å². The molecule has 0 bridgehead atoms. The van der Waals surface area contributed by atoms with Crippen molar-refractivity contribution in [2.24, 2.45) is 17.6 Å². The van der Waals surface area contributed by atoms with Crippen LogP contribution >= 0.6 is 0 Å².